The maximum atomic E-state index is 13.5. The van der Waals surface area contributed by atoms with Crippen molar-refractivity contribution < 1.29 is 22.4 Å². The predicted molar refractivity (Wildman–Crippen MR) is 95.5 cm³/mol. The van der Waals surface area contributed by atoms with Crippen molar-refractivity contribution in [2.24, 2.45) is 0 Å². The standard InChI is InChI=1S/C20H24F4N2O/c21-17-12-15(11-16(13-17)20(22,23)24)6-7-19(27)26-10-4-5-18(26)14-25-8-2-1-3-9-25/h6-7,11-13,18H,1-5,8-10,14H2/b7-6+. The van der Waals surface area contributed by atoms with Crippen molar-refractivity contribution in [2.75, 3.05) is 26.2 Å². The van der Waals surface area contributed by atoms with E-state index in [-0.39, 0.29) is 17.5 Å². The predicted octanol–water partition coefficient (Wildman–Crippen LogP) is 4.33. The highest BCUT2D eigenvalue weighted by atomic mass is 19.4. The van der Waals surface area contributed by atoms with Gasteiger partial charge in [0.05, 0.1) is 5.56 Å². The molecule has 2 fully saturated rings. The van der Waals surface area contributed by atoms with E-state index in [1.165, 1.54) is 31.4 Å². The summed E-state index contributed by atoms with van der Waals surface area (Å²) >= 11 is 0. The average Bonchev–Trinajstić information content (AvgIpc) is 3.07. The third-order valence-electron chi connectivity index (χ3n) is 5.24. The molecule has 1 unspecified atom stereocenters. The summed E-state index contributed by atoms with van der Waals surface area (Å²) in [5.74, 6) is -1.20. The van der Waals surface area contributed by atoms with Crippen LogP contribution in [0.5, 0.6) is 0 Å². The van der Waals surface area contributed by atoms with Gasteiger partial charge in [0.25, 0.3) is 0 Å². The summed E-state index contributed by atoms with van der Waals surface area (Å²) in [6, 6.07) is 2.43. The summed E-state index contributed by atoms with van der Waals surface area (Å²) in [5, 5.41) is 0. The van der Waals surface area contributed by atoms with Crippen molar-refractivity contribution in [3.63, 3.8) is 0 Å². The molecule has 1 amide bonds. The van der Waals surface area contributed by atoms with Gasteiger partial charge < -0.3 is 9.80 Å². The number of likely N-dealkylation sites (tertiary alicyclic amines) is 2. The molecule has 148 valence electrons. The van der Waals surface area contributed by atoms with Crippen LogP contribution >= 0.6 is 0 Å². The van der Waals surface area contributed by atoms with Gasteiger partial charge >= 0.3 is 6.18 Å². The number of carbonyl (C=O) groups excluding carboxylic acids is 1. The molecule has 1 aromatic rings. The highest BCUT2D eigenvalue weighted by Crippen LogP contribution is 2.30. The second-order valence-corrected chi connectivity index (χ2v) is 7.29. The van der Waals surface area contributed by atoms with Crippen LogP contribution in [0.1, 0.15) is 43.2 Å². The Morgan fingerprint density at radius 2 is 1.81 bits per heavy atom. The lowest BCUT2D eigenvalue weighted by molar-refractivity contribution is -0.137. The van der Waals surface area contributed by atoms with Crippen molar-refractivity contribution in [3.8, 4) is 0 Å². The number of hydrogen-bond donors (Lipinski definition) is 0. The maximum absolute atomic E-state index is 13.5. The third-order valence-corrected chi connectivity index (χ3v) is 5.24. The van der Waals surface area contributed by atoms with Crippen molar-refractivity contribution in [2.45, 2.75) is 44.3 Å². The zero-order chi connectivity index (χ0) is 19.4. The van der Waals surface area contributed by atoms with Gasteiger partial charge in [-0.2, -0.15) is 13.2 Å². The number of halogens is 4. The lowest BCUT2D eigenvalue weighted by atomic mass is 10.1. The van der Waals surface area contributed by atoms with Crippen molar-refractivity contribution in [1.82, 2.24) is 9.80 Å². The molecule has 27 heavy (non-hydrogen) atoms. The minimum Gasteiger partial charge on any atom is -0.335 e. The molecule has 0 N–H and O–H groups in total. The van der Waals surface area contributed by atoms with E-state index in [0.717, 1.165) is 44.6 Å². The summed E-state index contributed by atoms with van der Waals surface area (Å²) < 4.78 is 51.9. The van der Waals surface area contributed by atoms with Crippen molar-refractivity contribution in [1.29, 1.82) is 0 Å². The second-order valence-electron chi connectivity index (χ2n) is 7.29. The molecular weight excluding hydrogens is 360 g/mol. The average molecular weight is 384 g/mol. The van der Waals surface area contributed by atoms with E-state index >= 15 is 0 Å². The van der Waals surface area contributed by atoms with Crippen LogP contribution < -0.4 is 0 Å². The highest BCUT2D eigenvalue weighted by Gasteiger charge is 2.31. The van der Waals surface area contributed by atoms with Crippen LogP contribution in [0.4, 0.5) is 17.6 Å². The van der Waals surface area contributed by atoms with Crippen LogP contribution in [0, 0.1) is 5.82 Å². The van der Waals surface area contributed by atoms with Crippen molar-refractivity contribution >= 4 is 12.0 Å². The molecule has 2 aliphatic rings. The van der Waals surface area contributed by atoms with Crippen LogP contribution in [-0.2, 0) is 11.0 Å². The first kappa shape index (κ1) is 19.9. The van der Waals surface area contributed by atoms with Gasteiger partial charge in [0.2, 0.25) is 5.91 Å². The Morgan fingerprint density at radius 3 is 2.52 bits per heavy atom. The minimum absolute atomic E-state index is 0.0300. The maximum Gasteiger partial charge on any atom is 0.416 e. The summed E-state index contributed by atoms with van der Waals surface area (Å²) in [6.45, 7) is 3.60. The molecule has 0 spiro atoms. The van der Waals surface area contributed by atoms with Crippen LogP contribution in [-0.4, -0.2) is 47.9 Å². The van der Waals surface area contributed by atoms with Gasteiger partial charge in [0, 0.05) is 25.2 Å². The van der Waals surface area contributed by atoms with Crippen LogP contribution in [0.3, 0.4) is 0 Å². The van der Waals surface area contributed by atoms with E-state index in [1.807, 2.05) is 0 Å². The second kappa shape index (κ2) is 8.42. The van der Waals surface area contributed by atoms with E-state index in [0.29, 0.717) is 12.6 Å². The molecule has 0 aliphatic carbocycles. The van der Waals surface area contributed by atoms with Gasteiger partial charge in [-0.1, -0.05) is 6.42 Å². The molecular formula is C20H24F4N2O. The number of benzene rings is 1. The molecule has 0 aromatic heterocycles. The quantitative estimate of drug-likeness (QED) is 0.570. The topological polar surface area (TPSA) is 23.6 Å². The minimum atomic E-state index is -4.62. The van der Waals surface area contributed by atoms with E-state index < -0.39 is 17.6 Å². The summed E-state index contributed by atoms with van der Waals surface area (Å²) in [7, 11) is 0. The first-order chi connectivity index (χ1) is 12.8. The first-order valence-corrected chi connectivity index (χ1v) is 9.42. The number of piperidine rings is 1. The lowest BCUT2D eigenvalue weighted by Gasteiger charge is -2.32. The molecule has 7 heteroatoms. The fraction of sp³-hybridized carbons (Fsp3) is 0.550. The number of carbonyl (C=O) groups is 1. The Morgan fingerprint density at radius 1 is 1.07 bits per heavy atom. The molecule has 1 atom stereocenters. The number of hydrogen-bond acceptors (Lipinski definition) is 2. The zero-order valence-electron chi connectivity index (χ0n) is 15.1. The number of amides is 1. The van der Waals surface area contributed by atoms with Crippen LogP contribution in [0.2, 0.25) is 0 Å². The normalized spacial score (nSPS) is 21.9. The molecule has 2 aliphatic heterocycles. The smallest absolute Gasteiger partial charge is 0.335 e. The van der Waals surface area contributed by atoms with Gasteiger partial charge in [0.1, 0.15) is 5.82 Å². The molecule has 0 radical (unpaired) electrons. The van der Waals surface area contributed by atoms with Gasteiger partial charge in [-0.3, -0.25) is 4.79 Å². The summed E-state index contributed by atoms with van der Waals surface area (Å²) in [5.41, 5.74) is -1.03. The fourth-order valence-corrected chi connectivity index (χ4v) is 3.89. The lowest BCUT2D eigenvalue weighted by Crippen LogP contribution is -2.44. The molecule has 2 saturated heterocycles. The van der Waals surface area contributed by atoms with Crippen molar-refractivity contribution in [3.05, 3.63) is 41.2 Å². The fourth-order valence-electron chi connectivity index (χ4n) is 3.89. The number of nitrogens with zero attached hydrogens (tertiary/aromatic N) is 2. The number of rotatable bonds is 4. The highest BCUT2D eigenvalue weighted by molar-refractivity contribution is 5.92. The summed E-state index contributed by atoms with van der Waals surface area (Å²) in [4.78, 5) is 16.7. The molecule has 0 bridgehead atoms. The Hall–Kier alpha value is -1.89. The van der Waals surface area contributed by atoms with E-state index in [4.69, 9.17) is 0 Å². The van der Waals surface area contributed by atoms with Crippen LogP contribution in [0.25, 0.3) is 6.08 Å². The van der Waals surface area contributed by atoms with Gasteiger partial charge in [-0.15, -0.1) is 0 Å². The Bertz CT molecular complexity index is 696. The molecule has 3 nitrogen and oxygen atoms in total. The zero-order valence-corrected chi connectivity index (χ0v) is 15.1. The van der Waals surface area contributed by atoms with E-state index in [2.05, 4.69) is 4.90 Å². The van der Waals surface area contributed by atoms with Gasteiger partial charge in [-0.05, 0) is 68.6 Å². The largest absolute Gasteiger partial charge is 0.416 e. The molecule has 3 rings (SSSR count). The molecule has 0 saturated carbocycles. The SMILES string of the molecule is O=C(/C=C/c1cc(F)cc(C(F)(F)F)c1)N1CCCC1CN1CCCCC1. The van der Waals surface area contributed by atoms with E-state index in [1.54, 1.807) is 4.90 Å². The summed E-state index contributed by atoms with van der Waals surface area (Å²) in [6.07, 6.45) is 3.37. The Kier molecular flexibility index (Phi) is 6.19. The first-order valence-electron chi connectivity index (χ1n) is 9.42. The monoisotopic (exact) mass is 384 g/mol. The molecule has 2 heterocycles. The Balaban J connectivity index is 1.66. The number of alkyl halides is 3. The Labute approximate surface area is 156 Å². The van der Waals surface area contributed by atoms with Gasteiger partial charge in [0.15, 0.2) is 0 Å². The molecule has 1 aromatic carbocycles. The van der Waals surface area contributed by atoms with Crippen LogP contribution in [0.15, 0.2) is 24.3 Å². The van der Waals surface area contributed by atoms with Gasteiger partial charge in [-0.25, -0.2) is 4.39 Å². The van der Waals surface area contributed by atoms with E-state index in [9.17, 15) is 22.4 Å². The third kappa shape index (κ3) is 5.31.